The van der Waals surface area contributed by atoms with Crippen LogP contribution in [0, 0.1) is 12.3 Å². The lowest BCUT2D eigenvalue weighted by molar-refractivity contribution is -0.123. The Balaban J connectivity index is 2.60. The molecule has 0 fully saturated rings. The fourth-order valence-electron chi connectivity index (χ4n) is 1.67. The zero-order chi connectivity index (χ0) is 15.1. The quantitative estimate of drug-likeness (QED) is 0.879. The average molecular weight is 294 g/mol. The molecule has 0 radical (unpaired) electrons. The second-order valence-electron chi connectivity index (χ2n) is 5.66. The van der Waals surface area contributed by atoms with Crippen LogP contribution < -0.4 is 10.9 Å². The number of amides is 1. The summed E-state index contributed by atoms with van der Waals surface area (Å²) >= 11 is 5.89. The molecule has 0 aliphatic carbocycles. The highest BCUT2D eigenvalue weighted by atomic mass is 35.5. The van der Waals surface area contributed by atoms with Gasteiger partial charge in [0.25, 0.3) is 5.56 Å². The van der Waals surface area contributed by atoms with Crippen LogP contribution in [0.25, 0.3) is 5.65 Å². The Morgan fingerprint density at radius 3 is 2.60 bits per heavy atom. The predicted octanol–water partition coefficient (Wildman–Crippen LogP) is 2.64. The van der Waals surface area contributed by atoms with Gasteiger partial charge >= 0.3 is 0 Å². The third-order valence-electron chi connectivity index (χ3n) is 2.89. The first kappa shape index (κ1) is 14.5. The molecule has 0 unspecified atom stereocenters. The number of carbonyl (C=O) groups is 1. The van der Waals surface area contributed by atoms with Gasteiger partial charge in [-0.1, -0.05) is 32.4 Å². The van der Waals surface area contributed by atoms with Crippen LogP contribution in [0.15, 0.2) is 23.1 Å². The van der Waals surface area contributed by atoms with Gasteiger partial charge in [0.1, 0.15) is 11.3 Å². The van der Waals surface area contributed by atoms with Gasteiger partial charge in [-0.2, -0.15) is 0 Å². The van der Waals surface area contributed by atoms with Gasteiger partial charge in [-0.15, -0.1) is 0 Å². The number of aromatic nitrogens is 2. The molecule has 2 aromatic heterocycles. The monoisotopic (exact) mass is 293 g/mol. The van der Waals surface area contributed by atoms with Gasteiger partial charge in [-0.3, -0.25) is 14.0 Å². The highest BCUT2D eigenvalue weighted by Crippen LogP contribution is 2.18. The lowest BCUT2D eigenvalue weighted by Crippen LogP contribution is -2.32. The average Bonchev–Trinajstić information content (AvgIpc) is 2.34. The molecule has 0 saturated heterocycles. The zero-order valence-corrected chi connectivity index (χ0v) is 12.6. The van der Waals surface area contributed by atoms with Crippen molar-refractivity contribution in [3.05, 3.63) is 39.4 Å². The van der Waals surface area contributed by atoms with Crippen molar-refractivity contribution < 1.29 is 4.79 Å². The molecule has 0 saturated carbocycles. The Kier molecular flexibility index (Phi) is 3.56. The van der Waals surface area contributed by atoms with E-state index in [1.807, 2.05) is 0 Å². The Labute approximate surface area is 121 Å². The van der Waals surface area contributed by atoms with Gasteiger partial charge in [0.05, 0.1) is 10.7 Å². The van der Waals surface area contributed by atoms with Crippen LogP contribution in [0.4, 0.5) is 5.69 Å². The number of pyridine rings is 1. The summed E-state index contributed by atoms with van der Waals surface area (Å²) in [6.45, 7) is 7.02. The topological polar surface area (TPSA) is 63.5 Å². The third kappa shape index (κ3) is 2.67. The Bertz CT molecular complexity index is 744. The van der Waals surface area contributed by atoms with Crippen molar-refractivity contribution in [2.75, 3.05) is 5.32 Å². The number of nitrogens with one attached hydrogen (secondary N) is 1. The van der Waals surface area contributed by atoms with Gasteiger partial charge in [-0.05, 0) is 19.1 Å². The van der Waals surface area contributed by atoms with Crippen molar-refractivity contribution in [2.45, 2.75) is 27.7 Å². The molecule has 0 aliphatic rings. The second-order valence-corrected chi connectivity index (χ2v) is 6.09. The molecule has 5 nitrogen and oxygen atoms in total. The normalized spacial score (nSPS) is 11.7. The van der Waals surface area contributed by atoms with Crippen molar-refractivity contribution in [2.24, 2.45) is 5.41 Å². The third-order valence-corrected chi connectivity index (χ3v) is 3.11. The Morgan fingerprint density at radius 1 is 1.35 bits per heavy atom. The summed E-state index contributed by atoms with van der Waals surface area (Å²) < 4.78 is 1.33. The molecular formula is C14H16ClN3O2. The number of halogens is 1. The molecule has 106 valence electrons. The van der Waals surface area contributed by atoms with Crippen LogP contribution >= 0.6 is 11.6 Å². The number of nitrogens with zero attached hydrogens (tertiary/aromatic N) is 2. The van der Waals surface area contributed by atoms with E-state index in [9.17, 15) is 9.59 Å². The number of carbonyl (C=O) groups excluding carboxylic acids is 1. The molecule has 20 heavy (non-hydrogen) atoms. The van der Waals surface area contributed by atoms with Gasteiger partial charge in [-0.25, -0.2) is 4.98 Å². The van der Waals surface area contributed by atoms with Gasteiger partial charge in [0.15, 0.2) is 0 Å². The molecule has 0 bridgehead atoms. The first-order chi connectivity index (χ1) is 9.20. The molecule has 1 N–H and O–H groups in total. The number of hydrogen-bond donors (Lipinski definition) is 1. The maximum Gasteiger partial charge on any atom is 0.281 e. The van der Waals surface area contributed by atoms with Crippen LogP contribution in [0.2, 0.25) is 5.02 Å². The summed E-state index contributed by atoms with van der Waals surface area (Å²) in [5.74, 6) is -0.235. The maximum atomic E-state index is 12.4. The molecular weight excluding hydrogens is 278 g/mol. The van der Waals surface area contributed by atoms with Crippen LogP contribution in [0.1, 0.15) is 26.5 Å². The second kappa shape index (κ2) is 4.90. The summed E-state index contributed by atoms with van der Waals surface area (Å²) in [5, 5.41) is 3.08. The highest BCUT2D eigenvalue weighted by Gasteiger charge is 2.23. The fraction of sp³-hybridized carbons (Fsp3) is 0.357. The summed E-state index contributed by atoms with van der Waals surface area (Å²) in [4.78, 5) is 28.7. The summed E-state index contributed by atoms with van der Waals surface area (Å²) in [6.07, 6.45) is 1.48. The zero-order valence-electron chi connectivity index (χ0n) is 11.8. The Morgan fingerprint density at radius 2 is 2.00 bits per heavy atom. The number of aryl methyl sites for hydroxylation is 1. The highest BCUT2D eigenvalue weighted by molar-refractivity contribution is 6.30. The number of fused-ring (bicyclic) bond motifs is 1. The van der Waals surface area contributed by atoms with E-state index in [-0.39, 0.29) is 17.2 Å². The predicted molar refractivity (Wildman–Crippen MR) is 79.3 cm³/mol. The minimum absolute atomic E-state index is 0.185. The molecule has 1 amide bonds. The van der Waals surface area contributed by atoms with Crippen molar-refractivity contribution in [1.29, 1.82) is 0 Å². The van der Waals surface area contributed by atoms with Crippen LogP contribution in [0.3, 0.4) is 0 Å². The van der Waals surface area contributed by atoms with E-state index in [0.717, 1.165) is 0 Å². The van der Waals surface area contributed by atoms with E-state index in [1.54, 1.807) is 39.8 Å². The standard InChI is InChI=1S/C14H16ClN3O2/c1-8-11(17-13(20)14(2,3)4)12(19)18-7-9(15)5-6-10(18)16-8/h5-7H,1-4H3,(H,17,20). The fourth-order valence-corrected chi connectivity index (χ4v) is 1.83. The number of anilines is 1. The summed E-state index contributed by atoms with van der Waals surface area (Å²) in [6, 6.07) is 3.32. The van der Waals surface area contributed by atoms with Crippen molar-refractivity contribution in [1.82, 2.24) is 9.38 Å². The largest absolute Gasteiger partial charge is 0.320 e. The molecule has 6 heteroatoms. The van der Waals surface area contributed by atoms with E-state index in [1.165, 1.54) is 10.6 Å². The number of rotatable bonds is 1. The molecule has 0 atom stereocenters. The van der Waals surface area contributed by atoms with Crippen LogP contribution in [0.5, 0.6) is 0 Å². The molecule has 0 aromatic carbocycles. The minimum atomic E-state index is -0.590. The molecule has 2 rings (SSSR count). The van der Waals surface area contributed by atoms with E-state index in [4.69, 9.17) is 11.6 Å². The molecule has 2 aromatic rings. The van der Waals surface area contributed by atoms with Crippen molar-refractivity contribution in [3.63, 3.8) is 0 Å². The smallest absolute Gasteiger partial charge is 0.281 e. The lowest BCUT2D eigenvalue weighted by atomic mass is 9.95. The SMILES string of the molecule is Cc1nc2ccc(Cl)cn2c(=O)c1NC(=O)C(C)(C)C. The van der Waals surface area contributed by atoms with E-state index in [2.05, 4.69) is 10.3 Å². The van der Waals surface area contributed by atoms with Crippen molar-refractivity contribution in [3.8, 4) is 0 Å². The van der Waals surface area contributed by atoms with Crippen molar-refractivity contribution >= 4 is 28.8 Å². The van der Waals surface area contributed by atoms with Crippen LogP contribution in [-0.2, 0) is 4.79 Å². The van der Waals surface area contributed by atoms with E-state index in [0.29, 0.717) is 16.4 Å². The lowest BCUT2D eigenvalue weighted by Gasteiger charge is -2.18. The molecule has 2 heterocycles. The first-order valence-corrected chi connectivity index (χ1v) is 6.58. The first-order valence-electron chi connectivity index (χ1n) is 6.20. The van der Waals surface area contributed by atoms with Crippen LogP contribution in [-0.4, -0.2) is 15.3 Å². The minimum Gasteiger partial charge on any atom is -0.320 e. The Hall–Kier alpha value is -1.88. The molecule has 0 spiro atoms. The number of hydrogen-bond acceptors (Lipinski definition) is 3. The van der Waals surface area contributed by atoms with Gasteiger partial charge < -0.3 is 5.32 Å². The maximum absolute atomic E-state index is 12.4. The van der Waals surface area contributed by atoms with Gasteiger partial charge in [0, 0.05) is 11.6 Å². The van der Waals surface area contributed by atoms with E-state index >= 15 is 0 Å². The summed E-state index contributed by atoms with van der Waals surface area (Å²) in [5.41, 5.74) is 0.227. The van der Waals surface area contributed by atoms with Gasteiger partial charge in [0.2, 0.25) is 5.91 Å². The van der Waals surface area contributed by atoms with E-state index < -0.39 is 5.41 Å². The molecule has 0 aliphatic heterocycles. The summed E-state index contributed by atoms with van der Waals surface area (Å²) in [7, 11) is 0.